The highest BCUT2D eigenvalue weighted by molar-refractivity contribution is 7.07. The van der Waals surface area contributed by atoms with E-state index >= 15 is 0 Å². The molecular formula is C13H17N3S. The number of hydrazine groups is 1. The van der Waals surface area contributed by atoms with E-state index < -0.39 is 0 Å². The van der Waals surface area contributed by atoms with Crippen molar-refractivity contribution in [1.82, 2.24) is 10.4 Å². The average molecular weight is 247 g/mol. The molecule has 4 heteroatoms. The Labute approximate surface area is 106 Å². The smallest absolute Gasteiger partial charge is 0.0404 e. The van der Waals surface area contributed by atoms with Crippen molar-refractivity contribution in [2.45, 2.75) is 25.3 Å². The van der Waals surface area contributed by atoms with E-state index in [2.05, 4.69) is 33.3 Å². The van der Waals surface area contributed by atoms with Gasteiger partial charge < -0.3 is 0 Å². The van der Waals surface area contributed by atoms with Crippen LogP contribution in [0.25, 0.3) is 0 Å². The third kappa shape index (κ3) is 3.93. The van der Waals surface area contributed by atoms with Gasteiger partial charge >= 0.3 is 0 Å². The van der Waals surface area contributed by atoms with Gasteiger partial charge in [0.25, 0.3) is 0 Å². The van der Waals surface area contributed by atoms with Crippen LogP contribution in [0.5, 0.6) is 0 Å². The van der Waals surface area contributed by atoms with Crippen molar-refractivity contribution >= 4 is 11.3 Å². The van der Waals surface area contributed by atoms with E-state index in [0.29, 0.717) is 6.04 Å². The fourth-order valence-corrected chi connectivity index (χ4v) is 2.49. The Morgan fingerprint density at radius 2 is 2.29 bits per heavy atom. The lowest BCUT2D eigenvalue weighted by Gasteiger charge is -2.14. The lowest BCUT2D eigenvalue weighted by atomic mass is 10.0. The quantitative estimate of drug-likeness (QED) is 0.607. The topological polar surface area (TPSA) is 50.9 Å². The van der Waals surface area contributed by atoms with E-state index in [4.69, 9.17) is 5.84 Å². The molecule has 0 saturated carbocycles. The first-order valence-electron chi connectivity index (χ1n) is 5.75. The van der Waals surface area contributed by atoms with Crippen molar-refractivity contribution < 1.29 is 0 Å². The standard InChI is InChI=1S/C13H17N3S/c14-16-13(9-11-6-8-17-10-11)5-4-12-3-1-2-7-15-12/h1-3,6-8,10,13,16H,4-5,9,14H2. The van der Waals surface area contributed by atoms with Crippen LogP contribution in [-0.2, 0) is 12.8 Å². The summed E-state index contributed by atoms with van der Waals surface area (Å²) < 4.78 is 0. The number of rotatable bonds is 6. The molecule has 2 aromatic rings. The van der Waals surface area contributed by atoms with Gasteiger partial charge in [0, 0.05) is 17.9 Å². The highest BCUT2D eigenvalue weighted by Gasteiger charge is 2.08. The Kier molecular flexibility index (Phi) is 4.67. The van der Waals surface area contributed by atoms with Gasteiger partial charge in [0.05, 0.1) is 0 Å². The minimum Gasteiger partial charge on any atom is -0.271 e. The largest absolute Gasteiger partial charge is 0.271 e. The van der Waals surface area contributed by atoms with Crippen molar-refractivity contribution in [3.63, 3.8) is 0 Å². The van der Waals surface area contributed by atoms with Crippen LogP contribution >= 0.6 is 11.3 Å². The Morgan fingerprint density at radius 3 is 2.94 bits per heavy atom. The van der Waals surface area contributed by atoms with Gasteiger partial charge in [0.1, 0.15) is 0 Å². The second-order valence-electron chi connectivity index (χ2n) is 4.06. The summed E-state index contributed by atoms with van der Waals surface area (Å²) in [6, 6.07) is 8.47. The number of pyridine rings is 1. The van der Waals surface area contributed by atoms with Crippen molar-refractivity contribution in [2.24, 2.45) is 5.84 Å². The van der Waals surface area contributed by atoms with Crippen LogP contribution in [0, 0.1) is 0 Å². The van der Waals surface area contributed by atoms with E-state index in [1.165, 1.54) is 5.56 Å². The van der Waals surface area contributed by atoms with Crippen molar-refractivity contribution in [3.8, 4) is 0 Å². The van der Waals surface area contributed by atoms with Gasteiger partial charge in [-0.05, 0) is 53.8 Å². The van der Waals surface area contributed by atoms with Gasteiger partial charge in [-0.15, -0.1) is 0 Å². The highest BCUT2D eigenvalue weighted by atomic mass is 32.1. The Hall–Kier alpha value is -1.23. The van der Waals surface area contributed by atoms with E-state index in [-0.39, 0.29) is 0 Å². The summed E-state index contributed by atoms with van der Waals surface area (Å²) in [4.78, 5) is 4.32. The van der Waals surface area contributed by atoms with Crippen molar-refractivity contribution in [2.75, 3.05) is 0 Å². The maximum absolute atomic E-state index is 5.59. The Morgan fingerprint density at radius 1 is 1.35 bits per heavy atom. The van der Waals surface area contributed by atoms with E-state index in [1.54, 1.807) is 11.3 Å². The first-order chi connectivity index (χ1) is 8.38. The molecule has 90 valence electrons. The van der Waals surface area contributed by atoms with Gasteiger partial charge in [-0.2, -0.15) is 11.3 Å². The molecule has 0 aliphatic heterocycles. The molecule has 2 aromatic heterocycles. The zero-order chi connectivity index (χ0) is 11.9. The Bertz CT molecular complexity index is 413. The number of aryl methyl sites for hydroxylation is 1. The SMILES string of the molecule is NNC(CCc1ccccn1)Cc1ccsc1. The summed E-state index contributed by atoms with van der Waals surface area (Å²) in [6.45, 7) is 0. The fourth-order valence-electron chi connectivity index (χ4n) is 1.81. The van der Waals surface area contributed by atoms with Gasteiger partial charge in [0.2, 0.25) is 0 Å². The van der Waals surface area contributed by atoms with E-state index in [9.17, 15) is 0 Å². The molecule has 2 heterocycles. The van der Waals surface area contributed by atoms with Gasteiger partial charge in [-0.25, -0.2) is 0 Å². The maximum Gasteiger partial charge on any atom is 0.0404 e. The van der Waals surface area contributed by atoms with Gasteiger partial charge in [-0.3, -0.25) is 16.3 Å². The third-order valence-electron chi connectivity index (χ3n) is 2.77. The molecule has 0 spiro atoms. The molecule has 3 nitrogen and oxygen atoms in total. The van der Waals surface area contributed by atoms with Crippen molar-refractivity contribution in [1.29, 1.82) is 0 Å². The first-order valence-corrected chi connectivity index (χ1v) is 6.70. The van der Waals surface area contributed by atoms with Crippen LogP contribution in [0.4, 0.5) is 0 Å². The molecule has 0 radical (unpaired) electrons. The second kappa shape index (κ2) is 6.49. The molecule has 0 aromatic carbocycles. The second-order valence-corrected chi connectivity index (χ2v) is 4.84. The van der Waals surface area contributed by atoms with E-state index in [0.717, 1.165) is 25.0 Å². The van der Waals surface area contributed by atoms with Gasteiger partial charge in [-0.1, -0.05) is 6.07 Å². The summed E-state index contributed by atoms with van der Waals surface area (Å²) in [7, 11) is 0. The molecule has 17 heavy (non-hydrogen) atoms. The number of hydrogen-bond acceptors (Lipinski definition) is 4. The maximum atomic E-state index is 5.59. The molecule has 0 bridgehead atoms. The molecule has 0 aliphatic carbocycles. The molecular weight excluding hydrogens is 230 g/mol. The Balaban J connectivity index is 1.84. The van der Waals surface area contributed by atoms with Gasteiger partial charge in [0.15, 0.2) is 0 Å². The minimum absolute atomic E-state index is 0.312. The minimum atomic E-state index is 0.312. The number of thiophene rings is 1. The summed E-state index contributed by atoms with van der Waals surface area (Å²) in [5, 5.41) is 4.27. The fraction of sp³-hybridized carbons (Fsp3) is 0.308. The molecule has 0 amide bonds. The van der Waals surface area contributed by atoms with Crippen molar-refractivity contribution in [3.05, 3.63) is 52.5 Å². The molecule has 0 saturated heterocycles. The predicted molar refractivity (Wildman–Crippen MR) is 71.7 cm³/mol. The monoisotopic (exact) mass is 247 g/mol. The summed E-state index contributed by atoms with van der Waals surface area (Å²) in [5.41, 5.74) is 5.36. The molecule has 2 rings (SSSR count). The van der Waals surface area contributed by atoms with Crippen LogP contribution in [0.2, 0.25) is 0 Å². The normalized spacial score (nSPS) is 12.5. The molecule has 3 N–H and O–H groups in total. The molecule has 0 fully saturated rings. The van der Waals surface area contributed by atoms with Crippen LogP contribution in [-0.4, -0.2) is 11.0 Å². The van der Waals surface area contributed by atoms with Crippen LogP contribution in [0.1, 0.15) is 17.7 Å². The van der Waals surface area contributed by atoms with E-state index in [1.807, 2.05) is 18.3 Å². The number of nitrogens with one attached hydrogen (secondary N) is 1. The molecule has 1 atom stereocenters. The summed E-state index contributed by atoms with van der Waals surface area (Å²) in [6.07, 6.45) is 4.77. The van der Waals surface area contributed by atoms with Crippen LogP contribution in [0.3, 0.4) is 0 Å². The third-order valence-corrected chi connectivity index (χ3v) is 3.51. The summed E-state index contributed by atoms with van der Waals surface area (Å²) >= 11 is 1.73. The predicted octanol–water partition coefficient (Wildman–Crippen LogP) is 2.15. The molecule has 0 aliphatic rings. The highest BCUT2D eigenvalue weighted by Crippen LogP contribution is 2.11. The molecule has 1 unspecified atom stereocenters. The first kappa shape index (κ1) is 12.2. The zero-order valence-corrected chi connectivity index (χ0v) is 10.5. The lowest BCUT2D eigenvalue weighted by molar-refractivity contribution is 0.489. The summed E-state index contributed by atoms with van der Waals surface area (Å²) in [5.74, 6) is 5.59. The number of hydrogen-bond donors (Lipinski definition) is 2. The number of nitrogens with zero attached hydrogens (tertiary/aromatic N) is 1. The number of aromatic nitrogens is 1. The average Bonchev–Trinajstić information content (AvgIpc) is 2.88. The number of nitrogens with two attached hydrogens (primary N) is 1. The van der Waals surface area contributed by atoms with Crippen LogP contribution in [0.15, 0.2) is 41.2 Å². The van der Waals surface area contributed by atoms with Crippen LogP contribution < -0.4 is 11.3 Å². The zero-order valence-electron chi connectivity index (χ0n) is 9.67. The lowest BCUT2D eigenvalue weighted by Crippen LogP contribution is -2.37.